The number of ether oxygens (including phenoxy) is 1. The van der Waals surface area contributed by atoms with Crippen molar-refractivity contribution < 1.29 is 23.8 Å². The third-order valence-electron chi connectivity index (χ3n) is 3.85. The van der Waals surface area contributed by atoms with Crippen LogP contribution in [-0.4, -0.2) is 41.1 Å². The molecule has 0 unspecified atom stereocenters. The maximum absolute atomic E-state index is 13.0. The molecule has 1 saturated heterocycles. The Bertz CT molecular complexity index is 609. The second-order valence-electron chi connectivity index (χ2n) is 5.71. The van der Waals surface area contributed by atoms with Crippen molar-refractivity contribution in [1.82, 2.24) is 4.90 Å². The third-order valence-corrected chi connectivity index (χ3v) is 4.14. The minimum absolute atomic E-state index is 0.0800. The predicted octanol–water partition coefficient (Wildman–Crippen LogP) is 2.57. The van der Waals surface area contributed by atoms with E-state index in [1.54, 1.807) is 13.8 Å². The highest BCUT2D eigenvalue weighted by Crippen LogP contribution is 2.31. The number of hydrogen-bond donors (Lipinski definition) is 1. The first-order valence-electron chi connectivity index (χ1n) is 6.87. The molecule has 120 valence electrons. The van der Waals surface area contributed by atoms with Gasteiger partial charge in [-0.15, -0.1) is 0 Å². The number of rotatable bonds is 4. The summed E-state index contributed by atoms with van der Waals surface area (Å²) in [5.74, 6) is -1.51. The number of carbonyl (C=O) groups excluding carboxylic acids is 1. The minimum Gasteiger partial charge on any atom is -0.481 e. The molecule has 5 nitrogen and oxygen atoms in total. The highest BCUT2D eigenvalue weighted by Gasteiger charge is 2.43. The van der Waals surface area contributed by atoms with E-state index in [4.69, 9.17) is 16.3 Å². The quantitative estimate of drug-likeness (QED) is 0.922. The summed E-state index contributed by atoms with van der Waals surface area (Å²) >= 11 is 5.86. The number of aliphatic carboxylic acids is 1. The van der Waals surface area contributed by atoms with Crippen LogP contribution < -0.4 is 4.74 Å². The van der Waals surface area contributed by atoms with E-state index in [0.29, 0.717) is 13.0 Å². The molecule has 0 saturated carbocycles. The number of amides is 1. The van der Waals surface area contributed by atoms with Crippen LogP contribution >= 0.6 is 11.6 Å². The molecule has 1 heterocycles. The lowest BCUT2D eigenvalue weighted by Gasteiger charge is -2.23. The number of carboxylic acid groups (broad SMARTS) is 1. The summed E-state index contributed by atoms with van der Waals surface area (Å²) in [7, 11) is 0. The normalized spacial score (nSPS) is 22.5. The maximum Gasteiger partial charge on any atom is 0.311 e. The molecule has 2 atom stereocenters. The van der Waals surface area contributed by atoms with Gasteiger partial charge in [0.1, 0.15) is 11.6 Å². The van der Waals surface area contributed by atoms with Gasteiger partial charge in [-0.05, 0) is 38.5 Å². The van der Waals surface area contributed by atoms with Gasteiger partial charge in [0, 0.05) is 13.1 Å². The van der Waals surface area contributed by atoms with Gasteiger partial charge in [0.15, 0.2) is 6.10 Å². The van der Waals surface area contributed by atoms with Crippen molar-refractivity contribution >= 4 is 23.5 Å². The van der Waals surface area contributed by atoms with E-state index < -0.39 is 23.3 Å². The van der Waals surface area contributed by atoms with Crippen molar-refractivity contribution in [2.45, 2.75) is 26.4 Å². The molecule has 0 spiro atoms. The molecule has 1 aromatic carbocycles. The molecule has 0 bridgehead atoms. The standard InChI is InChI=1S/C15H17ClFNO4/c1-9(22-12-4-3-10(17)7-11(12)16)13(19)18-6-5-15(2,8-18)14(20)21/h3-4,7,9H,5-6,8H2,1-2H3,(H,20,21)/t9-,15+/m1/s1. The van der Waals surface area contributed by atoms with E-state index in [-0.39, 0.29) is 23.2 Å². The van der Waals surface area contributed by atoms with Gasteiger partial charge in [-0.2, -0.15) is 0 Å². The van der Waals surface area contributed by atoms with Crippen LogP contribution in [0.3, 0.4) is 0 Å². The van der Waals surface area contributed by atoms with Gasteiger partial charge in [-0.25, -0.2) is 4.39 Å². The molecule has 7 heteroatoms. The number of nitrogens with zero attached hydrogens (tertiary/aromatic N) is 1. The number of benzene rings is 1. The van der Waals surface area contributed by atoms with Crippen molar-refractivity contribution in [2.75, 3.05) is 13.1 Å². The topological polar surface area (TPSA) is 66.8 Å². The van der Waals surface area contributed by atoms with Crippen molar-refractivity contribution in [2.24, 2.45) is 5.41 Å². The fourth-order valence-corrected chi connectivity index (χ4v) is 2.60. The summed E-state index contributed by atoms with van der Waals surface area (Å²) in [6, 6.07) is 3.65. The molecule has 1 amide bonds. The van der Waals surface area contributed by atoms with Gasteiger partial charge < -0.3 is 14.7 Å². The number of hydrogen-bond acceptors (Lipinski definition) is 3. The highest BCUT2D eigenvalue weighted by molar-refractivity contribution is 6.32. The van der Waals surface area contributed by atoms with Gasteiger partial charge in [0.25, 0.3) is 5.91 Å². The number of likely N-dealkylation sites (tertiary alicyclic amines) is 1. The zero-order chi connectivity index (χ0) is 16.5. The number of carbonyl (C=O) groups is 2. The molecule has 1 N–H and O–H groups in total. The fourth-order valence-electron chi connectivity index (χ4n) is 2.39. The van der Waals surface area contributed by atoms with Gasteiger partial charge >= 0.3 is 5.97 Å². The van der Waals surface area contributed by atoms with E-state index in [2.05, 4.69) is 0 Å². The van der Waals surface area contributed by atoms with Crippen LogP contribution in [0.2, 0.25) is 5.02 Å². The molecule has 1 aromatic rings. The van der Waals surface area contributed by atoms with E-state index in [1.165, 1.54) is 17.0 Å². The first-order valence-corrected chi connectivity index (χ1v) is 7.24. The lowest BCUT2D eigenvalue weighted by molar-refractivity contribution is -0.147. The van der Waals surface area contributed by atoms with Crippen molar-refractivity contribution in [3.8, 4) is 5.75 Å². The molecule has 2 rings (SSSR count). The molecule has 0 aliphatic carbocycles. The first-order chi connectivity index (χ1) is 10.2. The Labute approximate surface area is 132 Å². The van der Waals surface area contributed by atoms with Crippen LogP contribution in [0.4, 0.5) is 4.39 Å². The molecule has 22 heavy (non-hydrogen) atoms. The Morgan fingerprint density at radius 2 is 2.18 bits per heavy atom. The predicted molar refractivity (Wildman–Crippen MR) is 78.4 cm³/mol. The van der Waals surface area contributed by atoms with Gasteiger partial charge in [-0.3, -0.25) is 9.59 Å². The summed E-state index contributed by atoms with van der Waals surface area (Å²) in [4.78, 5) is 25.0. The Balaban J connectivity index is 2.03. The van der Waals surface area contributed by atoms with E-state index in [9.17, 15) is 19.1 Å². The Morgan fingerprint density at radius 3 is 2.73 bits per heavy atom. The van der Waals surface area contributed by atoms with E-state index in [1.807, 2.05) is 0 Å². The number of halogens is 2. The molecule has 1 aliphatic rings. The largest absolute Gasteiger partial charge is 0.481 e. The van der Waals surface area contributed by atoms with Crippen LogP contribution in [0.25, 0.3) is 0 Å². The maximum atomic E-state index is 13.0. The number of carboxylic acids is 1. The summed E-state index contributed by atoms with van der Waals surface area (Å²) < 4.78 is 18.4. The lowest BCUT2D eigenvalue weighted by Crippen LogP contribution is -2.41. The van der Waals surface area contributed by atoms with Crippen LogP contribution in [0.5, 0.6) is 5.75 Å². The second-order valence-corrected chi connectivity index (χ2v) is 6.12. The molecule has 1 fully saturated rings. The fraction of sp³-hybridized carbons (Fsp3) is 0.467. The molecule has 0 radical (unpaired) electrons. The summed E-state index contributed by atoms with van der Waals surface area (Å²) in [6.45, 7) is 3.68. The average molecular weight is 330 g/mol. The smallest absolute Gasteiger partial charge is 0.311 e. The van der Waals surface area contributed by atoms with Gasteiger partial charge in [0.05, 0.1) is 10.4 Å². The van der Waals surface area contributed by atoms with Gasteiger partial charge in [0.2, 0.25) is 0 Å². The minimum atomic E-state index is -0.928. The van der Waals surface area contributed by atoms with Crippen LogP contribution in [-0.2, 0) is 9.59 Å². The van der Waals surface area contributed by atoms with Crippen molar-refractivity contribution in [1.29, 1.82) is 0 Å². The average Bonchev–Trinajstić information content (AvgIpc) is 2.85. The summed E-state index contributed by atoms with van der Waals surface area (Å²) in [5, 5.41) is 9.27. The van der Waals surface area contributed by atoms with Crippen molar-refractivity contribution in [3.05, 3.63) is 29.0 Å². The summed E-state index contributed by atoms with van der Waals surface area (Å²) in [6.07, 6.45) is -0.433. The zero-order valence-electron chi connectivity index (χ0n) is 12.3. The van der Waals surface area contributed by atoms with Crippen LogP contribution in [0, 0.1) is 11.2 Å². The zero-order valence-corrected chi connectivity index (χ0v) is 13.1. The second kappa shape index (κ2) is 6.12. The van der Waals surface area contributed by atoms with Crippen molar-refractivity contribution in [3.63, 3.8) is 0 Å². The molecular weight excluding hydrogens is 313 g/mol. The molecule has 1 aliphatic heterocycles. The SMILES string of the molecule is C[C@@H](Oc1ccc(F)cc1Cl)C(=O)N1CC[C@](C)(C(=O)O)C1. The monoisotopic (exact) mass is 329 g/mol. The Kier molecular flexibility index (Phi) is 4.60. The van der Waals surface area contributed by atoms with Gasteiger partial charge in [-0.1, -0.05) is 11.6 Å². The Morgan fingerprint density at radius 1 is 1.50 bits per heavy atom. The van der Waals surface area contributed by atoms with Crippen LogP contribution in [0.15, 0.2) is 18.2 Å². The molecule has 0 aromatic heterocycles. The lowest BCUT2D eigenvalue weighted by atomic mass is 9.90. The molecular formula is C15H17ClFNO4. The van der Waals surface area contributed by atoms with E-state index >= 15 is 0 Å². The van der Waals surface area contributed by atoms with Crippen LogP contribution in [0.1, 0.15) is 20.3 Å². The first kappa shape index (κ1) is 16.5. The third kappa shape index (κ3) is 3.32. The Hall–Kier alpha value is -1.82. The highest BCUT2D eigenvalue weighted by atomic mass is 35.5. The summed E-state index contributed by atoms with van der Waals surface area (Å²) in [5.41, 5.74) is -0.928. The van der Waals surface area contributed by atoms with E-state index in [0.717, 1.165) is 6.07 Å².